The van der Waals surface area contributed by atoms with Crippen molar-refractivity contribution in [3.8, 4) is 0 Å². The lowest BCUT2D eigenvalue weighted by atomic mass is 9.92. The fourth-order valence-corrected chi connectivity index (χ4v) is 4.57. The molecule has 0 saturated carbocycles. The number of benzene rings is 1. The van der Waals surface area contributed by atoms with Crippen LogP contribution in [0.15, 0.2) is 42.5 Å². The molecule has 1 N–H and O–H groups in total. The molecule has 4 heteroatoms. The summed E-state index contributed by atoms with van der Waals surface area (Å²) in [6, 6.07) is 11.5. The number of aryl methyl sites for hydroxylation is 1. The van der Waals surface area contributed by atoms with Crippen LogP contribution in [-0.4, -0.2) is 61.0 Å². The second-order valence-electron chi connectivity index (χ2n) is 8.65. The normalized spacial score (nSPS) is 20.2. The molecule has 2 aliphatic heterocycles. The van der Waals surface area contributed by atoms with E-state index < -0.39 is 0 Å². The second-order valence-corrected chi connectivity index (χ2v) is 8.65. The van der Waals surface area contributed by atoms with Crippen molar-refractivity contribution in [2.75, 3.05) is 39.3 Å². The van der Waals surface area contributed by atoms with Crippen molar-refractivity contribution in [2.24, 2.45) is 5.92 Å². The highest BCUT2D eigenvalue weighted by Gasteiger charge is 2.30. The van der Waals surface area contributed by atoms with Gasteiger partial charge >= 0.3 is 0 Å². The summed E-state index contributed by atoms with van der Waals surface area (Å²) in [6.07, 6.45) is 6.98. The van der Waals surface area contributed by atoms with Gasteiger partial charge in [-0.2, -0.15) is 0 Å². The lowest BCUT2D eigenvalue weighted by Gasteiger charge is -2.41. The summed E-state index contributed by atoms with van der Waals surface area (Å²) in [5, 5.41) is 3.02. The molecule has 1 aromatic rings. The summed E-state index contributed by atoms with van der Waals surface area (Å²) in [4.78, 5) is 17.5. The maximum absolute atomic E-state index is 12.3. The van der Waals surface area contributed by atoms with Crippen molar-refractivity contribution in [1.82, 2.24) is 15.1 Å². The van der Waals surface area contributed by atoms with Gasteiger partial charge in [0.25, 0.3) is 0 Å². The van der Waals surface area contributed by atoms with Crippen molar-refractivity contribution in [1.29, 1.82) is 0 Å². The molecule has 0 radical (unpaired) electrons. The molecular formula is C24H37N3O. The van der Waals surface area contributed by atoms with Crippen LogP contribution in [-0.2, 0) is 11.2 Å². The van der Waals surface area contributed by atoms with Crippen molar-refractivity contribution in [2.45, 2.75) is 51.5 Å². The van der Waals surface area contributed by atoms with Crippen molar-refractivity contribution in [3.05, 3.63) is 48.0 Å². The quantitative estimate of drug-likeness (QED) is 0.698. The maximum Gasteiger partial charge on any atom is 0.223 e. The molecule has 3 rings (SSSR count). The lowest BCUT2D eigenvalue weighted by molar-refractivity contribution is -0.126. The van der Waals surface area contributed by atoms with Crippen LogP contribution in [0.1, 0.15) is 44.6 Å². The van der Waals surface area contributed by atoms with Crippen LogP contribution in [0.2, 0.25) is 0 Å². The molecule has 28 heavy (non-hydrogen) atoms. The Morgan fingerprint density at radius 3 is 2.39 bits per heavy atom. The topological polar surface area (TPSA) is 35.6 Å². The summed E-state index contributed by atoms with van der Waals surface area (Å²) in [5.74, 6) is 0.407. The average Bonchev–Trinajstić information content (AvgIpc) is 2.73. The first kappa shape index (κ1) is 21.1. The molecule has 2 heterocycles. The Morgan fingerprint density at radius 2 is 1.75 bits per heavy atom. The lowest BCUT2D eigenvalue weighted by Crippen LogP contribution is -2.49. The minimum absolute atomic E-state index is 0.189. The van der Waals surface area contributed by atoms with Crippen LogP contribution in [0.3, 0.4) is 0 Å². The zero-order valence-corrected chi connectivity index (χ0v) is 17.5. The average molecular weight is 384 g/mol. The van der Waals surface area contributed by atoms with Crippen LogP contribution in [0, 0.1) is 5.92 Å². The third kappa shape index (κ3) is 6.46. The number of hydrogen-bond acceptors (Lipinski definition) is 3. The summed E-state index contributed by atoms with van der Waals surface area (Å²) in [5.41, 5.74) is 2.47. The number of piperidine rings is 2. The van der Waals surface area contributed by atoms with E-state index in [1.807, 2.05) is 6.92 Å². The van der Waals surface area contributed by atoms with Gasteiger partial charge in [-0.15, -0.1) is 0 Å². The Morgan fingerprint density at radius 1 is 1.07 bits per heavy atom. The number of nitrogens with one attached hydrogen (secondary N) is 1. The standard InChI is InChI=1S/C24H37N3O/c1-20(2)19-25-24(28)22-10-17-27(18-11-22)23-12-15-26(16-13-23)14-6-9-21-7-4-3-5-8-21/h3-5,7-8,22-23H,1,6,9-19H2,2H3,(H,25,28). The van der Waals surface area contributed by atoms with Gasteiger partial charge in [-0.1, -0.05) is 42.5 Å². The number of amides is 1. The van der Waals surface area contributed by atoms with E-state index in [-0.39, 0.29) is 11.8 Å². The molecule has 0 unspecified atom stereocenters. The molecule has 0 atom stereocenters. The molecule has 2 aliphatic rings. The van der Waals surface area contributed by atoms with Crippen LogP contribution >= 0.6 is 0 Å². The van der Waals surface area contributed by atoms with Gasteiger partial charge in [0.1, 0.15) is 0 Å². The van der Waals surface area contributed by atoms with Crippen LogP contribution < -0.4 is 5.32 Å². The zero-order chi connectivity index (χ0) is 19.8. The van der Waals surface area contributed by atoms with E-state index in [1.165, 1.54) is 50.9 Å². The van der Waals surface area contributed by atoms with E-state index in [9.17, 15) is 4.79 Å². The van der Waals surface area contributed by atoms with Crippen LogP contribution in [0.5, 0.6) is 0 Å². The number of carbonyl (C=O) groups is 1. The minimum Gasteiger partial charge on any atom is -0.352 e. The molecule has 0 aliphatic carbocycles. The van der Waals surface area contributed by atoms with Crippen molar-refractivity contribution in [3.63, 3.8) is 0 Å². The summed E-state index contributed by atoms with van der Waals surface area (Å²) < 4.78 is 0. The highest BCUT2D eigenvalue weighted by atomic mass is 16.1. The summed E-state index contributed by atoms with van der Waals surface area (Å²) in [6.45, 7) is 12.2. The number of nitrogens with zero attached hydrogens (tertiary/aromatic N) is 2. The SMILES string of the molecule is C=C(C)CNC(=O)C1CCN(C2CCN(CCCc3ccccc3)CC2)CC1. The Bertz CT molecular complexity index is 614. The van der Waals surface area contributed by atoms with Crippen LogP contribution in [0.25, 0.3) is 0 Å². The molecule has 0 aromatic heterocycles. The van der Waals surface area contributed by atoms with Gasteiger partial charge in [0, 0.05) is 18.5 Å². The van der Waals surface area contributed by atoms with Gasteiger partial charge in [-0.05, 0) is 83.7 Å². The predicted molar refractivity (Wildman–Crippen MR) is 116 cm³/mol. The maximum atomic E-state index is 12.3. The largest absolute Gasteiger partial charge is 0.352 e. The van der Waals surface area contributed by atoms with Gasteiger partial charge < -0.3 is 15.1 Å². The molecule has 1 aromatic carbocycles. The molecule has 1 amide bonds. The summed E-state index contributed by atoms with van der Waals surface area (Å²) >= 11 is 0. The molecule has 4 nitrogen and oxygen atoms in total. The van der Waals surface area contributed by atoms with E-state index >= 15 is 0 Å². The molecule has 0 bridgehead atoms. The predicted octanol–water partition coefficient (Wildman–Crippen LogP) is 3.49. The fraction of sp³-hybridized carbons (Fsp3) is 0.625. The first-order valence-electron chi connectivity index (χ1n) is 11.0. The van der Waals surface area contributed by atoms with Crippen molar-refractivity contribution >= 4 is 5.91 Å². The first-order valence-corrected chi connectivity index (χ1v) is 11.0. The number of rotatable bonds is 8. The highest BCUT2D eigenvalue weighted by molar-refractivity contribution is 5.78. The zero-order valence-electron chi connectivity index (χ0n) is 17.5. The molecular weight excluding hydrogens is 346 g/mol. The monoisotopic (exact) mass is 383 g/mol. The van der Waals surface area contributed by atoms with Gasteiger partial charge in [-0.25, -0.2) is 0 Å². The minimum atomic E-state index is 0.189. The Labute approximate surface area is 171 Å². The summed E-state index contributed by atoms with van der Waals surface area (Å²) in [7, 11) is 0. The van der Waals surface area contributed by atoms with E-state index in [4.69, 9.17) is 0 Å². The van der Waals surface area contributed by atoms with E-state index in [1.54, 1.807) is 0 Å². The van der Waals surface area contributed by atoms with Gasteiger partial charge in [0.05, 0.1) is 0 Å². The van der Waals surface area contributed by atoms with Crippen molar-refractivity contribution < 1.29 is 4.79 Å². The Kier molecular flexibility index (Phi) is 8.11. The molecule has 0 spiro atoms. The fourth-order valence-electron chi connectivity index (χ4n) is 4.57. The third-order valence-corrected chi connectivity index (χ3v) is 6.32. The smallest absolute Gasteiger partial charge is 0.223 e. The highest BCUT2D eigenvalue weighted by Crippen LogP contribution is 2.24. The molecule has 2 saturated heterocycles. The van der Waals surface area contributed by atoms with Gasteiger partial charge in [0.2, 0.25) is 5.91 Å². The Balaban J connectivity index is 1.31. The second kappa shape index (κ2) is 10.8. The third-order valence-electron chi connectivity index (χ3n) is 6.32. The molecule has 154 valence electrons. The van der Waals surface area contributed by atoms with Gasteiger partial charge in [-0.3, -0.25) is 4.79 Å². The number of hydrogen-bond donors (Lipinski definition) is 1. The van der Waals surface area contributed by atoms with E-state index in [2.05, 4.69) is 52.0 Å². The Hall–Kier alpha value is -1.65. The van der Waals surface area contributed by atoms with E-state index in [0.717, 1.165) is 31.5 Å². The number of likely N-dealkylation sites (tertiary alicyclic amines) is 2. The van der Waals surface area contributed by atoms with Crippen LogP contribution in [0.4, 0.5) is 0 Å². The first-order chi connectivity index (χ1) is 13.6. The molecule has 2 fully saturated rings. The van der Waals surface area contributed by atoms with E-state index in [0.29, 0.717) is 12.6 Å². The van der Waals surface area contributed by atoms with Gasteiger partial charge in [0.15, 0.2) is 0 Å². The number of carbonyl (C=O) groups excluding carboxylic acids is 1.